The third kappa shape index (κ3) is 5.29. The van der Waals surface area contributed by atoms with Crippen LogP contribution < -0.4 is 0 Å². The summed E-state index contributed by atoms with van der Waals surface area (Å²) >= 11 is 0. The zero-order valence-electron chi connectivity index (χ0n) is 25.2. The molecule has 42 heavy (non-hydrogen) atoms. The maximum absolute atomic E-state index is 10.9. The van der Waals surface area contributed by atoms with Crippen molar-refractivity contribution in [1.82, 2.24) is 14.5 Å². The van der Waals surface area contributed by atoms with Crippen molar-refractivity contribution in [1.29, 1.82) is 0 Å². The average molecular weight is 734 g/mol. The number of aryl methyl sites for hydroxylation is 1. The number of hydrogen-bond donors (Lipinski definition) is 1. The molecule has 1 N–H and O–H groups in total. The van der Waals surface area contributed by atoms with Crippen LogP contribution in [0, 0.1) is 13.0 Å². The quantitative estimate of drug-likeness (QED) is 0.185. The molecule has 3 aromatic heterocycles. The van der Waals surface area contributed by atoms with Crippen LogP contribution in [0.4, 0.5) is 0 Å². The maximum atomic E-state index is 10.9. The largest absolute Gasteiger partial charge is 0.517 e. The van der Waals surface area contributed by atoms with Gasteiger partial charge in [0.05, 0.1) is 17.1 Å². The first kappa shape index (κ1) is 29.7. The summed E-state index contributed by atoms with van der Waals surface area (Å²) in [7, 11) is 0. The van der Waals surface area contributed by atoms with E-state index in [9.17, 15) is 5.11 Å². The van der Waals surface area contributed by atoms with E-state index in [4.69, 9.17) is 9.97 Å². The minimum absolute atomic E-state index is 0. The molecule has 6 rings (SSSR count). The summed E-state index contributed by atoms with van der Waals surface area (Å²) in [6.07, 6.45) is 0. The molecule has 3 aromatic carbocycles. The Morgan fingerprint density at radius 1 is 0.714 bits per heavy atom. The van der Waals surface area contributed by atoms with E-state index in [2.05, 4.69) is 76.4 Å². The summed E-state index contributed by atoms with van der Waals surface area (Å²) in [6, 6.07) is 32.5. The molecule has 0 spiro atoms. The van der Waals surface area contributed by atoms with Gasteiger partial charge in [-0.15, -0.1) is 23.3 Å². The predicted molar refractivity (Wildman–Crippen MR) is 170 cm³/mol. The van der Waals surface area contributed by atoms with Crippen LogP contribution in [0.5, 0.6) is 5.75 Å². The van der Waals surface area contributed by atoms with Crippen LogP contribution >= 0.6 is 0 Å². The SMILES string of the molecule is Cc1cccc(-c2cccc(-n3c4[c-]c(-c5ccccc5O)c(C(C)(C)C)cc4c4cc(C(C)(C)C)ccc43)n2)n1.[Pt]. The number of nitrogens with zero attached hydrogens (tertiary/aromatic N) is 3. The van der Waals surface area contributed by atoms with Gasteiger partial charge in [0.1, 0.15) is 5.82 Å². The number of aromatic hydroxyl groups is 1. The fourth-order valence-electron chi connectivity index (χ4n) is 5.56. The van der Waals surface area contributed by atoms with Crippen molar-refractivity contribution in [2.24, 2.45) is 0 Å². The molecule has 0 saturated heterocycles. The Labute approximate surface area is 262 Å². The summed E-state index contributed by atoms with van der Waals surface area (Å²) in [6.45, 7) is 15.4. The minimum atomic E-state index is -0.173. The number of aromatic nitrogens is 3. The van der Waals surface area contributed by atoms with Gasteiger partial charge in [0.25, 0.3) is 0 Å². The topological polar surface area (TPSA) is 50.9 Å². The number of benzene rings is 3. The molecule has 0 saturated carbocycles. The van der Waals surface area contributed by atoms with Crippen LogP contribution in [0.25, 0.3) is 50.1 Å². The van der Waals surface area contributed by atoms with Gasteiger partial charge in [0.15, 0.2) is 0 Å². The van der Waals surface area contributed by atoms with Crippen molar-refractivity contribution in [3.05, 3.63) is 108 Å². The zero-order chi connectivity index (χ0) is 29.1. The molecule has 0 bridgehead atoms. The molecular formula is C37H36N3OPt-. The van der Waals surface area contributed by atoms with Crippen LogP contribution in [0.15, 0.2) is 84.9 Å². The van der Waals surface area contributed by atoms with Crippen molar-refractivity contribution in [2.45, 2.75) is 59.3 Å². The number of fused-ring (bicyclic) bond motifs is 3. The third-order valence-corrected chi connectivity index (χ3v) is 7.77. The summed E-state index contributed by atoms with van der Waals surface area (Å²) < 4.78 is 2.20. The molecule has 0 radical (unpaired) electrons. The van der Waals surface area contributed by atoms with Crippen LogP contribution in [0.1, 0.15) is 58.4 Å². The third-order valence-electron chi connectivity index (χ3n) is 7.77. The normalized spacial score (nSPS) is 12.1. The molecule has 4 nitrogen and oxygen atoms in total. The fraction of sp³-hybridized carbons (Fsp3) is 0.243. The van der Waals surface area contributed by atoms with E-state index in [0.717, 1.165) is 56.0 Å². The first-order chi connectivity index (χ1) is 19.4. The van der Waals surface area contributed by atoms with Gasteiger partial charge in [-0.2, -0.15) is 0 Å². The first-order valence-corrected chi connectivity index (χ1v) is 14.2. The average Bonchev–Trinajstić information content (AvgIpc) is 3.24. The molecule has 3 heterocycles. The maximum Gasteiger partial charge on any atom is 0.136 e. The molecule has 0 atom stereocenters. The number of hydrogen-bond acceptors (Lipinski definition) is 3. The van der Waals surface area contributed by atoms with E-state index in [1.807, 2.05) is 61.5 Å². The van der Waals surface area contributed by atoms with Crippen LogP contribution in [0.3, 0.4) is 0 Å². The van der Waals surface area contributed by atoms with Crippen molar-refractivity contribution < 1.29 is 26.2 Å². The van der Waals surface area contributed by atoms with Gasteiger partial charge in [0, 0.05) is 32.3 Å². The van der Waals surface area contributed by atoms with Crippen molar-refractivity contribution in [3.8, 4) is 34.1 Å². The second kappa shape index (κ2) is 10.8. The number of rotatable bonds is 3. The van der Waals surface area contributed by atoms with Crippen molar-refractivity contribution in [3.63, 3.8) is 0 Å². The molecular weight excluding hydrogens is 698 g/mol. The standard InChI is InChI=1S/C37H36N3O.Pt/c1-23-12-10-14-30(38-23)31-15-11-17-35(39-31)40-32-19-18-24(36(2,3)4)20-27(32)28-21-29(37(5,6)7)26(22-33(28)40)25-13-8-9-16-34(25)41;/h8-21,41H,1-7H3;/q-1;. The summed E-state index contributed by atoms with van der Waals surface area (Å²) in [5, 5.41) is 13.2. The predicted octanol–water partition coefficient (Wildman–Crippen LogP) is 9.31. The number of pyridine rings is 2. The Morgan fingerprint density at radius 3 is 2.07 bits per heavy atom. The Morgan fingerprint density at radius 2 is 1.40 bits per heavy atom. The van der Waals surface area contributed by atoms with E-state index < -0.39 is 0 Å². The summed E-state index contributed by atoms with van der Waals surface area (Å²) in [5.41, 5.74) is 8.54. The number of phenols is 1. The van der Waals surface area contributed by atoms with Gasteiger partial charge < -0.3 is 9.67 Å². The Hall–Kier alpha value is -3.75. The second-order valence-electron chi connectivity index (χ2n) is 13.0. The van der Waals surface area contributed by atoms with Gasteiger partial charge >= 0.3 is 0 Å². The molecule has 0 aliphatic heterocycles. The van der Waals surface area contributed by atoms with E-state index >= 15 is 0 Å². The van der Waals surface area contributed by atoms with Crippen molar-refractivity contribution >= 4 is 21.8 Å². The number of para-hydroxylation sites is 1. The van der Waals surface area contributed by atoms with Crippen LogP contribution in [0.2, 0.25) is 0 Å². The molecule has 0 aliphatic carbocycles. The summed E-state index contributed by atoms with van der Waals surface area (Å²) in [5.74, 6) is 1.05. The van der Waals surface area contributed by atoms with Crippen LogP contribution in [-0.4, -0.2) is 19.6 Å². The van der Waals surface area contributed by atoms with Gasteiger partial charge in [-0.1, -0.05) is 95.0 Å². The Bertz CT molecular complexity index is 1940. The monoisotopic (exact) mass is 733 g/mol. The van der Waals surface area contributed by atoms with Gasteiger partial charge in [-0.05, 0) is 70.6 Å². The summed E-state index contributed by atoms with van der Waals surface area (Å²) in [4.78, 5) is 9.84. The van der Waals surface area contributed by atoms with E-state index in [1.165, 1.54) is 10.9 Å². The molecule has 0 fully saturated rings. The molecule has 5 heteroatoms. The fourth-order valence-corrected chi connectivity index (χ4v) is 5.56. The van der Waals surface area contributed by atoms with Crippen LogP contribution in [-0.2, 0) is 31.9 Å². The van der Waals surface area contributed by atoms with E-state index in [-0.39, 0.29) is 37.6 Å². The molecule has 0 aliphatic rings. The smallest absolute Gasteiger partial charge is 0.136 e. The first-order valence-electron chi connectivity index (χ1n) is 14.2. The molecule has 0 amide bonds. The molecule has 0 unspecified atom stereocenters. The Kier molecular flexibility index (Phi) is 7.66. The number of phenolic OH excluding ortho intramolecular Hbond substituents is 1. The van der Waals surface area contributed by atoms with Gasteiger partial charge in [-0.25, -0.2) is 4.98 Å². The van der Waals surface area contributed by atoms with E-state index in [1.54, 1.807) is 6.07 Å². The van der Waals surface area contributed by atoms with Gasteiger partial charge in [-0.3, -0.25) is 4.98 Å². The zero-order valence-corrected chi connectivity index (χ0v) is 27.5. The van der Waals surface area contributed by atoms with Gasteiger partial charge in [0.2, 0.25) is 0 Å². The van der Waals surface area contributed by atoms with Crippen molar-refractivity contribution in [2.75, 3.05) is 0 Å². The molecule has 216 valence electrons. The Balaban J connectivity index is 0.00000353. The second-order valence-corrected chi connectivity index (χ2v) is 13.0. The molecule has 6 aromatic rings. The minimum Gasteiger partial charge on any atom is -0.517 e. The van der Waals surface area contributed by atoms with E-state index in [0.29, 0.717) is 0 Å².